The van der Waals surface area contributed by atoms with Gasteiger partial charge < -0.3 is 0 Å². The lowest BCUT2D eigenvalue weighted by Crippen LogP contribution is -2.18. The highest BCUT2D eigenvalue weighted by atomic mass is 33.1. The summed E-state index contributed by atoms with van der Waals surface area (Å²) in [5, 5.41) is 0. The highest BCUT2D eigenvalue weighted by Gasteiger charge is 2.34. The molecule has 13 heavy (non-hydrogen) atoms. The molecule has 6 heteroatoms. The van der Waals surface area contributed by atoms with Gasteiger partial charge in [-0.15, -0.1) is 0 Å². The molecule has 1 aliphatic carbocycles. The summed E-state index contributed by atoms with van der Waals surface area (Å²) < 4.78 is 8.83. The van der Waals surface area contributed by atoms with Crippen molar-refractivity contribution in [3.8, 4) is 0 Å². The van der Waals surface area contributed by atoms with Crippen LogP contribution in [-0.4, -0.2) is 5.71 Å². The summed E-state index contributed by atoms with van der Waals surface area (Å²) in [7, 11) is 6.66. The number of nitrogens with zero attached hydrogens (tertiary/aromatic N) is 2. The molecule has 0 saturated carbocycles. The molecule has 67 valence electrons. The highest BCUT2D eigenvalue weighted by molar-refractivity contribution is 8.79. The van der Waals surface area contributed by atoms with Crippen molar-refractivity contribution in [3.05, 3.63) is 21.6 Å². The lowest BCUT2D eigenvalue weighted by atomic mass is 9.97. The third-order valence-electron chi connectivity index (χ3n) is 2.11. The number of hydrogen-bond acceptors (Lipinski definition) is 5. The molecule has 2 heterocycles. The zero-order valence-electron chi connectivity index (χ0n) is 6.68. The van der Waals surface area contributed by atoms with Crippen molar-refractivity contribution in [2.24, 2.45) is 10.3 Å². The van der Waals surface area contributed by atoms with Gasteiger partial charge in [0.25, 0.3) is 0 Å². The van der Waals surface area contributed by atoms with E-state index in [1.54, 1.807) is 43.5 Å². The standard InChI is InChI=1S/C7H5N2S4/c1-3-6-4(10-12-8-6)2-5-7(3)9-13-11-5/h2-3H,1H3. The molecular formula is C7H5N2S4. The highest BCUT2D eigenvalue weighted by Crippen LogP contribution is 2.52. The van der Waals surface area contributed by atoms with Crippen LogP contribution in [0.2, 0.25) is 0 Å². The zero-order valence-corrected chi connectivity index (χ0v) is 9.95. The van der Waals surface area contributed by atoms with E-state index < -0.39 is 0 Å². The van der Waals surface area contributed by atoms with Crippen LogP contribution < -0.4 is 4.72 Å². The topological polar surface area (TPSA) is 26.5 Å². The van der Waals surface area contributed by atoms with Crippen LogP contribution in [0, 0.1) is 5.92 Å². The van der Waals surface area contributed by atoms with E-state index in [1.807, 2.05) is 0 Å². The summed E-state index contributed by atoms with van der Waals surface area (Å²) in [6.45, 7) is 2.18. The lowest BCUT2D eigenvalue weighted by Gasteiger charge is -2.16. The van der Waals surface area contributed by atoms with Gasteiger partial charge in [0.1, 0.15) is 0 Å². The van der Waals surface area contributed by atoms with Crippen molar-refractivity contribution in [3.63, 3.8) is 0 Å². The van der Waals surface area contributed by atoms with E-state index in [2.05, 4.69) is 22.1 Å². The van der Waals surface area contributed by atoms with E-state index in [0.29, 0.717) is 5.92 Å². The molecule has 0 bridgehead atoms. The van der Waals surface area contributed by atoms with Crippen LogP contribution in [0.3, 0.4) is 0 Å². The zero-order chi connectivity index (χ0) is 8.84. The number of fused-ring (bicyclic) bond motifs is 1. The molecule has 0 spiro atoms. The molecule has 3 aliphatic rings. The maximum Gasteiger partial charge on any atom is 0.0730 e. The Morgan fingerprint density at radius 1 is 1.31 bits per heavy atom. The second kappa shape index (κ2) is 3.18. The third kappa shape index (κ3) is 1.26. The first-order valence-electron chi connectivity index (χ1n) is 3.79. The predicted octanol–water partition coefficient (Wildman–Crippen LogP) is 3.40. The molecule has 2 aliphatic heterocycles. The van der Waals surface area contributed by atoms with Crippen LogP contribution in [0.4, 0.5) is 0 Å². The maximum atomic E-state index is 4.41. The van der Waals surface area contributed by atoms with E-state index >= 15 is 0 Å². The van der Waals surface area contributed by atoms with Crippen molar-refractivity contribution >= 4 is 49.3 Å². The van der Waals surface area contributed by atoms with Crippen LogP contribution in [0.25, 0.3) is 0 Å². The second-order valence-corrected chi connectivity index (χ2v) is 6.63. The van der Waals surface area contributed by atoms with Crippen molar-refractivity contribution in [1.29, 1.82) is 0 Å². The average molecular weight is 245 g/mol. The fourth-order valence-electron chi connectivity index (χ4n) is 1.40. The minimum Gasteiger partial charge on any atom is -0.207 e. The van der Waals surface area contributed by atoms with E-state index in [1.165, 1.54) is 21.2 Å². The van der Waals surface area contributed by atoms with E-state index in [-0.39, 0.29) is 0 Å². The first kappa shape index (κ1) is 8.64. The maximum absolute atomic E-state index is 4.41. The number of hydrogen-bond donors (Lipinski definition) is 0. The Kier molecular flexibility index (Phi) is 2.12. The normalized spacial score (nSPS) is 30.7. The van der Waals surface area contributed by atoms with Crippen molar-refractivity contribution in [2.45, 2.75) is 6.92 Å². The molecule has 0 aromatic heterocycles. The number of allylic oxidation sites excluding steroid dienone is 3. The lowest BCUT2D eigenvalue weighted by molar-refractivity contribution is 0.862. The molecule has 0 saturated heterocycles. The quantitative estimate of drug-likeness (QED) is 0.483. The van der Waals surface area contributed by atoms with Gasteiger partial charge in [0, 0.05) is 37.7 Å². The summed E-state index contributed by atoms with van der Waals surface area (Å²) >= 11 is 0. The van der Waals surface area contributed by atoms with Gasteiger partial charge in [0.2, 0.25) is 0 Å². The van der Waals surface area contributed by atoms with Crippen LogP contribution in [0.5, 0.6) is 0 Å². The monoisotopic (exact) mass is 245 g/mol. The van der Waals surface area contributed by atoms with E-state index in [0.717, 1.165) is 0 Å². The van der Waals surface area contributed by atoms with Gasteiger partial charge in [-0.05, 0) is 27.7 Å². The first-order valence-corrected chi connectivity index (χ1v) is 8.00. The molecule has 3 rings (SSSR count). The summed E-state index contributed by atoms with van der Waals surface area (Å²) in [6, 6.07) is 0. The Balaban J connectivity index is 2.10. The van der Waals surface area contributed by atoms with Gasteiger partial charge in [-0.1, -0.05) is 6.92 Å². The molecule has 1 atom stereocenters. The summed E-state index contributed by atoms with van der Waals surface area (Å²) in [5.41, 5.74) is 2.42. The van der Waals surface area contributed by atoms with Gasteiger partial charge in [0.05, 0.1) is 11.4 Å². The molecule has 1 unspecified atom stereocenters. The summed E-state index contributed by atoms with van der Waals surface area (Å²) in [4.78, 5) is 2.64. The Hall–Kier alpha value is 0.350. The van der Waals surface area contributed by atoms with Crippen LogP contribution >= 0.6 is 43.5 Å². The Morgan fingerprint density at radius 2 is 2.23 bits per heavy atom. The van der Waals surface area contributed by atoms with Gasteiger partial charge in [-0.3, -0.25) is 0 Å². The fraction of sp³-hybridized carbons (Fsp3) is 0.286. The van der Waals surface area contributed by atoms with E-state index in [4.69, 9.17) is 0 Å². The summed E-state index contributed by atoms with van der Waals surface area (Å²) in [5.74, 6) is 0.389. The molecule has 0 amide bonds. The smallest absolute Gasteiger partial charge is 0.0730 e. The van der Waals surface area contributed by atoms with Gasteiger partial charge in [-0.25, -0.2) is 9.12 Å². The molecule has 0 N–H and O–H groups in total. The van der Waals surface area contributed by atoms with Crippen molar-refractivity contribution in [2.75, 3.05) is 0 Å². The Bertz CT molecular complexity index is 358. The van der Waals surface area contributed by atoms with Crippen LogP contribution in [0.15, 0.2) is 26.0 Å². The summed E-state index contributed by atoms with van der Waals surface area (Å²) in [6.07, 6.45) is 2.22. The average Bonchev–Trinajstić information content (AvgIpc) is 2.71. The van der Waals surface area contributed by atoms with Gasteiger partial charge >= 0.3 is 0 Å². The Labute approximate surface area is 92.5 Å². The molecule has 0 aromatic carbocycles. The van der Waals surface area contributed by atoms with Gasteiger partial charge in [-0.2, -0.15) is 0 Å². The second-order valence-electron chi connectivity index (χ2n) is 2.86. The minimum atomic E-state index is 0.389. The Morgan fingerprint density at radius 3 is 3.15 bits per heavy atom. The first-order chi connectivity index (χ1) is 6.36. The number of rotatable bonds is 0. The molecular weight excluding hydrogens is 240 g/mol. The van der Waals surface area contributed by atoms with Crippen molar-refractivity contribution < 1.29 is 0 Å². The SMILES string of the molecule is CC1C2=NSSC2=CC2=C1[N]SS2. The van der Waals surface area contributed by atoms with Crippen LogP contribution in [0.1, 0.15) is 6.92 Å². The molecule has 2 nitrogen and oxygen atoms in total. The van der Waals surface area contributed by atoms with Crippen LogP contribution in [-0.2, 0) is 0 Å². The molecule has 0 fully saturated rings. The third-order valence-corrected chi connectivity index (χ3v) is 5.79. The molecule has 0 aromatic rings. The minimum absolute atomic E-state index is 0.389. The van der Waals surface area contributed by atoms with Crippen molar-refractivity contribution in [1.82, 2.24) is 4.72 Å². The molecule has 1 radical (unpaired) electrons. The predicted molar refractivity (Wildman–Crippen MR) is 64.2 cm³/mol. The largest absolute Gasteiger partial charge is 0.207 e. The van der Waals surface area contributed by atoms with Gasteiger partial charge in [0.15, 0.2) is 0 Å². The fourth-order valence-corrected chi connectivity index (χ4v) is 5.44. The van der Waals surface area contributed by atoms with E-state index in [9.17, 15) is 0 Å².